The summed E-state index contributed by atoms with van der Waals surface area (Å²) in [4.78, 5) is 8.04. The summed E-state index contributed by atoms with van der Waals surface area (Å²) in [5.41, 5.74) is 7.28. The third-order valence-electron chi connectivity index (χ3n) is 2.69. The number of hydrogen-bond donors (Lipinski definition) is 2. The van der Waals surface area contributed by atoms with E-state index < -0.39 is 6.10 Å². The van der Waals surface area contributed by atoms with Gasteiger partial charge in [0.2, 0.25) is 5.88 Å². The van der Waals surface area contributed by atoms with Crippen molar-refractivity contribution in [2.75, 3.05) is 12.8 Å². The molecule has 0 amide bonds. The molecule has 2 rings (SSSR count). The van der Waals surface area contributed by atoms with Crippen molar-refractivity contribution in [1.82, 2.24) is 9.97 Å². The Kier molecular flexibility index (Phi) is 3.74. The highest BCUT2D eigenvalue weighted by Crippen LogP contribution is 2.21. The number of rotatable bonds is 4. The Labute approximate surface area is 105 Å². The molecule has 0 aliphatic rings. The highest BCUT2D eigenvalue weighted by molar-refractivity contribution is 5.39. The van der Waals surface area contributed by atoms with Crippen LogP contribution in [-0.4, -0.2) is 22.2 Å². The summed E-state index contributed by atoms with van der Waals surface area (Å²) in [6, 6.07) is 7.14. The van der Waals surface area contributed by atoms with Crippen molar-refractivity contribution in [3.05, 3.63) is 47.8 Å². The highest BCUT2D eigenvalue weighted by atomic mass is 16.5. The lowest BCUT2D eigenvalue weighted by Crippen LogP contribution is -2.05. The first-order chi connectivity index (χ1) is 8.70. The second-order valence-electron chi connectivity index (χ2n) is 3.90. The van der Waals surface area contributed by atoms with Gasteiger partial charge >= 0.3 is 0 Å². The number of nitrogens with zero attached hydrogens (tertiary/aromatic N) is 2. The van der Waals surface area contributed by atoms with Gasteiger partial charge in [-0.15, -0.1) is 0 Å². The van der Waals surface area contributed by atoms with Gasteiger partial charge in [0.1, 0.15) is 5.82 Å². The molecule has 1 unspecified atom stereocenters. The van der Waals surface area contributed by atoms with E-state index in [2.05, 4.69) is 9.97 Å². The molecular weight excluding hydrogens is 230 g/mol. The van der Waals surface area contributed by atoms with E-state index in [1.165, 1.54) is 0 Å². The monoisotopic (exact) mass is 245 g/mol. The van der Waals surface area contributed by atoms with E-state index in [0.717, 1.165) is 11.1 Å². The maximum atomic E-state index is 10.1. The maximum absolute atomic E-state index is 10.1. The van der Waals surface area contributed by atoms with Gasteiger partial charge in [-0.3, -0.25) is 0 Å². The number of anilines is 1. The lowest BCUT2D eigenvalue weighted by Gasteiger charge is -2.12. The van der Waals surface area contributed by atoms with Crippen LogP contribution in [0.3, 0.4) is 0 Å². The summed E-state index contributed by atoms with van der Waals surface area (Å²) in [5.74, 6) is 0.963. The largest absolute Gasteiger partial charge is 0.481 e. The van der Waals surface area contributed by atoms with E-state index in [9.17, 15) is 5.11 Å². The molecule has 2 aromatic heterocycles. The van der Waals surface area contributed by atoms with Gasteiger partial charge < -0.3 is 15.6 Å². The molecule has 18 heavy (non-hydrogen) atoms. The molecule has 3 N–H and O–H groups in total. The van der Waals surface area contributed by atoms with E-state index in [1.807, 2.05) is 6.07 Å². The average molecular weight is 245 g/mol. The zero-order chi connectivity index (χ0) is 13.0. The lowest BCUT2D eigenvalue weighted by molar-refractivity contribution is 0.178. The molecule has 0 bridgehead atoms. The number of nitrogen functional groups attached to an aromatic ring is 1. The predicted octanol–water partition coefficient (Wildman–Crippen LogP) is 1.34. The van der Waals surface area contributed by atoms with Gasteiger partial charge in [0.05, 0.1) is 13.2 Å². The van der Waals surface area contributed by atoms with Crippen LogP contribution < -0.4 is 10.5 Å². The first-order valence-corrected chi connectivity index (χ1v) is 5.58. The number of aliphatic hydroxyl groups excluding tert-OH is 1. The molecule has 1 atom stereocenters. The molecule has 0 saturated carbocycles. The Morgan fingerprint density at radius 1 is 1.33 bits per heavy atom. The number of hydrogen-bond acceptors (Lipinski definition) is 5. The first kappa shape index (κ1) is 12.3. The number of ether oxygens (including phenoxy) is 1. The zero-order valence-electron chi connectivity index (χ0n) is 10.1. The number of nitrogens with two attached hydrogens (primary N) is 1. The van der Waals surface area contributed by atoms with Crippen LogP contribution in [0.2, 0.25) is 0 Å². The minimum absolute atomic E-state index is 0.410. The Morgan fingerprint density at radius 2 is 2.17 bits per heavy atom. The quantitative estimate of drug-likeness (QED) is 0.849. The van der Waals surface area contributed by atoms with Crippen molar-refractivity contribution in [1.29, 1.82) is 0 Å². The third kappa shape index (κ3) is 2.75. The lowest BCUT2D eigenvalue weighted by atomic mass is 10.0. The summed E-state index contributed by atoms with van der Waals surface area (Å²) in [6.07, 6.45) is 2.97. The first-order valence-electron chi connectivity index (χ1n) is 5.58. The van der Waals surface area contributed by atoms with Crippen LogP contribution in [0.1, 0.15) is 17.2 Å². The molecule has 0 saturated heterocycles. The zero-order valence-corrected chi connectivity index (χ0v) is 10.1. The van der Waals surface area contributed by atoms with Crippen LogP contribution in [0.4, 0.5) is 5.82 Å². The second kappa shape index (κ2) is 5.46. The number of pyridine rings is 2. The molecule has 5 nitrogen and oxygen atoms in total. The van der Waals surface area contributed by atoms with Crippen LogP contribution in [0, 0.1) is 0 Å². The summed E-state index contributed by atoms with van der Waals surface area (Å²) >= 11 is 0. The van der Waals surface area contributed by atoms with Gasteiger partial charge in [-0.1, -0.05) is 6.07 Å². The predicted molar refractivity (Wildman–Crippen MR) is 68.1 cm³/mol. The number of methoxy groups -OCH3 is 1. The van der Waals surface area contributed by atoms with E-state index in [1.54, 1.807) is 37.7 Å². The van der Waals surface area contributed by atoms with Crippen molar-refractivity contribution in [3.8, 4) is 5.88 Å². The SMILES string of the molecule is COc1ccc(C(O)Cc2cccnc2N)cn1. The number of aromatic nitrogens is 2. The highest BCUT2D eigenvalue weighted by Gasteiger charge is 2.11. The van der Waals surface area contributed by atoms with Gasteiger partial charge in [-0.2, -0.15) is 0 Å². The van der Waals surface area contributed by atoms with E-state index >= 15 is 0 Å². The van der Waals surface area contributed by atoms with Crippen molar-refractivity contribution >= 4 is 5.82 Å². The van der Waals surface area contributed by atoms with Gasteiger partial charge in [0, 0.05) is 24.9 Å². The van der Waals surface area contributed by atoms with Crippen LogP contribution in [0.5, 0.6) is 5.88 Å². The Bertz CT molecular complexity index is 514. The fourth-order valence-electron chi connectivity index (χ4n) is 1.66. The summed E-state index contributed by atoms with van der Waals surface area (Å²) in [5, 5.41) is 10.1. The van der Waals surface area contributed by atoms with Gasteiger partial charge in [0.25, 0.3) is 0 Å². The maximum Gasteiger partial charge on any atom is 0.212 e. The van der Waals surface area contributed by atoms with Crippen molar-refractivity contribution < 1.29 is 9.84 Å². The van der Waals surface area contributed by atoms with Crippen LogP contribution in [0.15, 0.2) is 36.7 Å². The van der Waals surface area contributed by atoms with Gasteiger partial charge in [0.15, 0.2) is 0 Å². The molecule has 0 spiro atoms. The second-order valence-corrected chi connectivity index (χ2v) is 3.90. The minimum atomic E-state index is -0.657. The molecule has 2 aromatic rings. The molecule has 0 aliphatic carbocycles. The Morgan fingerprint density at radius 3 is 2.78 bits per heavy atom. The molecule has 2 heterocycles. The molecule has 0 aromatic carbocycles. The van der Waals surface area contributed by atoms with E-state index in [0.29, 0.717) is 18.1 Å². The number of aliphatic hydroxyl groups is 1. The third-order valence-corrected chi connectivity index (χ3v) is 2.69. The fraction of sp³-hybridized carbons (Fsp3) is 0.231. The van der Waals surface area contributed by atoms with Gasteiger partial charge in [-0.25, -0.2) is 9.97 Å². The summed E-state index contributed by atoms with van der Waals surface area (Å²) in [7, 11) is 1.55. The average Bonchev–Trinajstić information content (AvgIpc) is 2.41. The fourth-order valence-corrected chi connectivity index (χ4v) is 1.66. The topological polar surface area (TPSA) is 81.3 Å². The molecule has 0 fully saturated rings. The Hall–Kier alpha value is -2.14. The van der Waals surface area contributed by atoms with Crippen LogP contribution in [-0.2, 0) is 6.42 Å². The molecular formula is C13H15N3O2. The summed E-state index contributed by atoms with van der Waals surface area (Å²) in [6.45, 7) is 0. The van der Waals surface area contributed by atoms with E-state index in [4.69, 9.17) is 10.5 Å². The van der Waals surface area contributed by atoms with Crippen molar-refractivity contribution in [3.63, 3.8) is 0 Å². The molecule has 94 valence electrons. The minimum Gasteiger partial charge on any atom is -0.481 e. The normalized spacial score (nSPS) is 12.1. The Balaban J connectivity index is 2.11. The van der Waals surface area contributed by atoms with Crippen LogP contribution >= 0.6 is 0 Å². The molecule has 5 heteroatoms. The van der Waals surface area contributed by atoms with Gasteiger partial charge in [-0.05, 0) is 23.3 Å². The smallest absolute Gasteiger partial charge is 0.212 e. The van der Waals surface area contributed by atoms with Crippen molar-refractivity contribution in [2.45, 2.75) is 12.5 Å². The standard InChI is InChI=1S/C13H15N3O2/c1-18-12-5-4-10(8-16-12)11(17)7-9-3-2-6-15-13(9)14/h2-6,8,11,17H,7H2,1H3,(H2,14,15). The summed E-state index contributed by atoms with van der Waals surface area (Å²) < 4.78 is 4.96. The molecule has 0 aliphatic heterocycles. The van der Waals surface area contributed by atoms with Crippen molar-refractivity contribution in [2.24, 2.45) is 0 Å². The van der Waals surface area contributed by atoms with Crippen LogP contribution in [0.25, 0.3) is 0 Å². The van der Waals surface area contributed by atoms with E-state index in [-0.39, 0.29) is 0 Å². The molecule has 0 radical (unpaired) electrons.